The highest BCUT2D eigenvalue weighted by atomic mass is 32.2. The second-order valence-corrected chi connectivity index (χ2v) is 17.7. The van der Waals surface area contributed by atoms with Crippen LogP contribution in [0.1, 0.15) is 58.7 Å². The Balaban J connectivity index is 1.92. The van der Waals surface area contributed by atoms with Crippen molar-refractivity contribution in [3.8, 4) is 5.75 Å². The van der Waals surface area contributed by atoms with E-state index >= 15 is 0 Å². The molecule has 1 aliphatic rings. The number of carbonyl (C=O) groups is 1. The highest BCUT2D eigenvalue weighted by Crippen LogP contribution is 2.48. The number of benzene rings is 2. The van der Waals surface area contributed by atoms with E-state index < -0.39 is 35.7 Å². The third-order valence-electron chi connectivity index (χ3n) is 6.48. The lowest BCUT2D eigenvalue weighted by Crippen LogP contribution is -2.43. The molecular formula is C25H35NO4SSi. The number of carbonyl (C=O) groups excluding carboxylic acids is 1. The van der Waals surface area contributed by atoms with Gasteiger partial charge in [0, 0.05) is 0 Å². The molecule has 2 aromatic carbocycles. The monoisotopic (exact) mass is 473 g/mol. The molecule has 1 heterocycles. The number of hydrogen-bond donors (Lipinski definition) is 0. The first-order valence-electron chi connectivity index (χ1n) is 11.0. The van der Waals surface area contributed by atoms with Crippen LogP contribution >= 0.6 is 0 Å². The van der Waals surface area contributed by atoms with Crippen LogP contribution in [0.2, 0.25) is 18.1 Å². The zero-order chi connectivity index (χ0) is 24.1. The van der Waals surface area contributed by atoms with E-state index in [2.05, 4.69) is 33.9 Å². The topological polar surface area (TPSA) is 63.7 Å². The van der Waals surface area contributed by atoms with Gasteiger partial charge in [-0.15, -0.1) is 0 Å². The van der Waals surface area contributed by atoms with Crippen LogP contribution in [0.25, 0.3) is 0 Å². The molecule has 32 heavy (non-hydrogen) atoms. The summed E-state index contributed by atoms with van der Waals surface area (Å²) in [6.45, 7) is 16.8. The van der Waals surface area contributed by atoms with Crippen LogP contribution in [0.15, 0.2) is 53.4 Å². The van der Waals surface area contributed by atoms with Crippen LogP contribution in [-0.2, 0) is 21.2 Å². The molecule has 0 N–H and O–H groups in total. The molecule has 0 radical (unpaired) electrons. The number of fused-ring (bicyclic) bond motifs is 1. The summed E-state index contributed by atoms with van der Waals surface area (Å²) in [6.07, 6.45) is -0.00546. The average Bonchev–Trinajstić information content (AvgIpc) is 2.88. The minimum atomic E-state index is -3.90. The summed E-state index contributed by atoms with van der Waals surface area (Å²) in [4.78, 5) is 13.7. The van der Waals surface area contributed by atoms with Gasteiger partial charge in [-0.1, -0.05) is 71.9 Å². The summed E-state index contributed by atoms with van der Waals surface area (Å²) < 4.78 is 34.1. The molecule has 1 aliphatic heterocycles. The lowest BCUT2D eigenvalue weighted by Gasteiger charge is -2.36. The standard InChI is InChI=1S/C25H35NO4SSi/c1-24(2,3)23-20-14-9-10-15-21(20)31(28,29)26(23)22(27)17-18-12-11-13-19(16-18)30-32(7,8)25(4,5)6/h9-16,23H,17H2,1-8H3/t23-/m1/s1. The average molecular weight is 474 g/mol. The van der Waals surface area contributed by atoms with Gasteiger partial charge in [0.25, 0.3) is 10.0 Å². The predicted molar refractivity (Wildman–Crippen MR) is 131 cm³/mol. The van der Waals surface area contributed by atoms with Gasteiger partial charge >= 0.3 is 0 Å². The van der Waals surface area contributed by atoms with Crippen LogP contribution in [0, 0.1) is 5.41 Å². The van der Waals surface area contributed by atoms with Crippen molar-refractivity contribution in [2.45, 2.75) is 77.0 Å². The number of amides is 1. The lowest BCUT2D eigenvalue weighted by atomic mass is 9.82. The molecule has 3 rings (SSSR count). The summed E-state index contributed by atoms with van der Waals surface area (Å²) in [5, 5.41) is 0.0498. The fourth-order valence-electron chi connectivity index (χ4n) is 3.83. The number of hydrogen-bond acceptors (Lipinski definition) is 4. The Morgan fingerprint density at radius 2 is 1.62 bits per heavy atom. The molecule has 0 aromatic heterocycles. The van der Waals surface area contributed by atoms with Crippen LogP contribution in [0.3, 0.4) is 0 Å². The molecule has 0 saturated heterocycles. The van der Waals surface area contributed by atoms with Gasteiger partial charge in [-0.25, -0.2) is 12.7 Å². The molecule has 7 heteroatoms. The quantitative estimate of drug-likeness (QED) is 0.516. The van der Waals surface area contributed by atoms with Crippen LogP contribution < -0.4 is 4.43 Å². The van der Waals surface area contributed by atoms with Crippen molar-refractivity contribution in [1.29, 1.82) is 0 Å². The zero-order valence-corrected chi connectivity index (χ0v) is 22.2. The Kier molecular flexibility index (Phi) is 6.15. The first-order chi connectivity index (χ1) is 14.6. The molecule has 2 aromatic rings. The smallest absolute Gasteiger partial charge is 0.267 e. The Morgan fingerprint density at radius 1 is 1.00 bits per heavy atom. The third-order valence-corrected chi connectivity index (χ3v) is 12.7. The van der Waals surface area contributed by atoms with Gasteiger partial charge in [-0.3, -0.25) is 4.79 Å². The van der Waals surface area contributed by atoms with Gasteiger partial charge in [0.2, 0.25) is 14.2 Å². The first kappa shape index (κ1) is 24.5. The fourth-order valence-corrected chi connectivity index (χ4v) is 6.83. The van der Waals surface area contributed by atoms with E-state index in [1.54, 1.807) is 12.1 Å². The Hall–Kier alpha value is -2.12. The molecule has 1 atom stereocenters. The molecule has 0 aliphatic carbocycles. The van der Waals surface area contributed by atoms with Crippen LogP contribution in [0.5, 0.6) is 5.75 Å². The van der Waals surface area contributed by atoms with Crippen molar-refractivity contribution in [3.05, 3.63) is 59.7 Å². The Bertz CT molecular complexity index is 1130. The van der Waals surface area contributed by atoms with E-state index in [0.717, 1.165) is 15.6 Å². The molecule has 0 fully saturated rings. The van der Waals surface area contributed by atoms with Crippen molar-refractivity contribution in [2.24, 2.45) is 5.41 Å². The Labute approximate surface area is 194 Å². The first-order valence-corrected chi connectivity index (χ1v) is 15.3. The van der Waals surface area contributed by atoms with E-state index in [9.17, 15) is 13.2 Å². The van der Waals surface area contributed by atoms with Gasteiger partial charge in [0.1, 0.15) is 5.75 Å². The Morgan fingerprint density at radius 3 is 2.22 bits per heavy atom. The van der Waals surface area contributed by atoms with Gasteiger partial charge in [-0.05, 0) is 52.9 Å². The minimum Gasteiger partial charge on any atom is -0.543 e. The zero-order valence-electron chi connectivity index (χ0n) is 20.4. The van der Waals surface area contributed by atoms with Crippen LogP contribution in [-0.4, -0.2) is 26.9 Å². The fraction of sp³-hybridized carbons (Fsp3) is 0.480. The highest BCUT2D eigenvalue weighted by molar-refractivity contribution is 7.90. The minimum absolute atomic E-state index is 0.00546. The maximum atomic E-state index is 13.4. The maximum Gasteiger partial charge on any atom is 0.267 e. The molecule has 0 saturated carbocycles. The summed E-state index contributed by atoms with van der Waals surface area (Å²) in [6, 6.07) is 13.8. The van der Waals surface area contributed by atoms with Gasteiger partial charge in [-0.2, -0.15) is 0 Å². The van der Waals surface area contributed by atoms with Gasteiger partial charge < -0.3 is 4.43 Å². The normalized spacial score (nSPS) is 18.4. The van der Waals surface area contributed by atoms with E-state index in [0.29, 0.717) is 5.56 Å². The van der Waals surface area contributed by atoms with E-state index in [-0.39, 0.29) is 16.4 Å². The van der Waals surface area contributed by atoms with E-state index in [4.69, 9.17) is 4.43 Å². The van der Waals surface area contributed by atoms with Crippen molar-refractivity contribution in [1.82, 2.24) is 4.31 Å². The summed E-state index contributed by atoms with van der Waals surface area (Å²) in [5.41, 5.74) is 0.983. The molecule has 0 unspecified atom stereocenters. The number of rotatable bonds is 4. The van der Waals surface area contributed by atoms with Crippen molar-refractivity contribution in [2.75, 3.05) is 0 Å². The second kappa shape index (κ2) is 8.03. The summed E-state index contributed by atoms with van der Waals surface area (Å²) in [7, 11) is -5.92. The summed E-state index contributed by atoms with van der Waals surface area (Å²) in [5.74, 6) is 0.299. The maximum absolute atomic E-state index is 13.4. The molecule has 0 bridgehead atoms. The lowest BCUT2D eigenvalue weighted by molar-refractivity contribution is -0.128. The van der Waals surface area contributed by atoms with Crippen molar-refractivity contribution in [3.63, 3.8) is 0 Å². The molecule has 0 spiro atoms. The third kappa shape index (κ3) is 4.50. The molecule has 174 valence electrons. The number of nitrogens with zero attached hydrogens (tertiary/aromatic N) is 1. The molecule has 5 nitrogen and oxygen atoms in total. The van der Waals surface area contributed by atoms with E-state index in [1.165, 1.54) is 0 Å². The summed E-state index contributed by atoms with van der Waals surface area (Å²) >= 11 is 0. The largest absolute Gasteiger partial charge is 0.543 e. The van der Waals surface area contributed by atoms with Gasteiger partial charge in [0.15, 0.2) is 0 Å². The van der Waals surface area contributed by atoms with Crippen molar-refractivity contribution >= 4 is 24.2 Å². The molecular weight excluding hydrogens is 438 g/mol. The molecule has 1 amide bonds. The predicted octanol–water partition coefficient (Wildman–Crippen LogP) is 5.93. The second-order valence-electron chi connectivity index (χ2n) is 11.2. The van der Waals surface area contributed by atoms with Gasteiger partial charge in [0.05, 0.1) is 17.4 Å². The number of sulfonamides is 1. The highest BCUT2D eigenvalue weighted by Gasteiger charge is 2.49. The SMILES string of the molecule is CC(C)(C)[C@H]1c2ccccc2S(=O)(=O)N1C(=O)Cc1cccc(O[Si](C)(C)C(C)(C)C)c1. The van der Waals surface area contributed by atoms with E-state index in [1.807, 2.05) is 57.2 Å². The van der Waals surface area contributed by atoms with Crippen LogP contribution in [0.4, 0.5) is 0 Å². The van der Waals surface area contributed by atoms with Crippen molar-refractivity contribution < 1.29 is 17.6 Å².